The first-order valence-electron chi connectivity index (χ1n) is 6.79. The van der Waals surface area contributed by atoms with Gasteiger partial charge in [-0.2, -0.15) is 0 Å². The molecule has 0 atom stereocenters. The molecule has 116 valence electrons. The van der Waals surface area contributed by atoms with Gasteiger partial charge in [0.25, 0.3) is 0 Å². The zero-order valence-electron chi connectivity index (χ0n) is 11.9. The number of rotatable bonds is 5. The van der Waals surface area contributed by atoms with Gasteiger partial charge in [-0.1, -0.05) is 41.1 Å². The third-order valence-electron chi connectivity index (χ3n) is 3.83. The summed E-state index contributed by atoms with van der Waals surface area (Å²) in [5, 5.41) is 3.82. The number of methoxy groups -OCH3 is 1. The molecule has 1 heterocycles. The monoisotopic (exact) mass is 340 g/mol. The smallest absolute Gasteiger partial charge is 0.351 e. The zero-order chi connectivity index (χ0) is 15.7. The molecule has 0 unspecified atom stereocenters. The van der Waals surface area contributed by atoms with Gasteiger partial charge in [-0.15, -0.1) is 0 Å². The van der Waals surface area contributed by atoms with Crippen LogP contribution in [0.15, 0.2) is 24.3 Å². The van der Waals surface area contributed by atoms with E-state index in [1.807, 2.05) is 12.1 Å². The van der Waals surface area contributed by atoms with Gasteiger partial charge < -0.3 is 10.1 Å². The van der Waals surface area contributed by atoms with E-state index in [2.05, 4.69) is 15.0 Å². The van der Waals surface area contributed by atoms with Crippen LogP contribution in [0.1, 0.15) is 28.1 Å². The predicted octanol–water partition coefficient (Wildman–Crippen LogP) is 3.87. The summed E-state index contributed by atoms with van der Waals surface area (Å²) in [6.07, 6.45) is 1.84. The largest absolute Gasteiger partial charge is 0.465 e. The Morgan fingerprint density at radius 2 is 2.23 bits per heavy atom. The lowest BCUT2D eigenvalue weighted by molar-refractivity contribution is 0.0606. The SMILES string of the molecule is COC(=O)c1sc(NCC2(c3ccccc3F)CC2)nc1Cl. The lowest BCUT2D eigenvalue weighted by Gasteiger charge is -2.16. The molecule has 0 bridgehead atoms. The van der Waals surface area contributed by atoms with Crippen molar-refractivity contribution in [3.05, 3.63) is 45.7 Å². The average molecular weight is 341 g/mol. The molecule has 0 spiro atoms. The number of ether oxygens (including phenoxy) is 1. The number of carbonyl (C=O) groups is 1. The number of hydrogen-bond acceptors (Lipinski definition) is 5. The van der Waals surface area contributed by atoms with Gasteiger partial charge in [-0.25, -0.2) is 14.2 Å². The minimum absolute atomic E-state index is 0.120. The van der Waals surface area contributed by atoms with Crippen LogP contribution in [0.25, 0.3) is 0 Å². The van der Waals surface area contributed by atoms with E-state index in [1.165, 1.54) is 13.2 Å². The molecule has 1 fully saturated rings. The highest BCUT2D eigenvalue weighted by molar-refractivity contribution is 7.18. The van der Waals surface area contributed by atoms with Crippen LogP contribution < -0.4 is 5.32 Å². The fraction of sp³-hybridized carbons (Fsp3) is 0.333. The maximum absolute atomic E-state index is 13.9. The summed E-state index contributed by atoms with van der Waals surface area (Å²) in [7, 11) is 1.29. The van der Waals surface area contributed by atoms with E-state index in [1.54, 1.807) is 6.07 Å². The molecule has 0 amide bonds. The first kappa shape index (κ1) is 15.2. The van der Waals surface area contributed by atoms with Crippen molar-refractivity contribution in [3.63, 3.8) is 0 Å². The molecule has 22 heavy (non-hydrogen) atoms. The van der Waals surface area contributed by atoms with Gasteiger partial charge in [0.15, 0.2) is 15.2 Å². The second kappa shape index (κ2) is 5.85. The molecule has 1 N–H and O–H groups in total. The molecule has 1 aliphatic carbocycles. The van der Waals surface area contributed by atoms with Crippen molar-refractivity contribution in [3.8, 4) is 0 Å². The number of esters is 1. The number of carbonyl (C=O) groups excluding carboxylic acids is 1. The number of benzene rings is 1. The van der Waals surface area contributed by atoms with E-state index in [4.69, 9.17) is 11.6 Å². The molecule has 3 rings (SSSR count). The predicted molar refractivity (Wildman–Crippen MR) is 84.3 cm³/mol. The summed E-state index contributed by atoms with van der Waals surface area (Å²) in [5.74, 6) is -0.694. The van der Waals surface area contributed by atoms with Gasteiger partial charge in [-0.3, -0.25) is 0 Å². The summed E-state index contributed by atoms with van der Waals surface area (Å²) in [5.41, 5.74) is 0.521. The highest BCUT2D eigenvalue weighted by Gasteiger charge is 2.45. The van der Waals surface area contributed by atoms with Gasteiger partial charge in [0, 0.05) is 12.0 Å². The summed E-state index contributed by atoms with van der Waals surface area (Å²) in [4.78, 5) is 15.9. The molecule has 7 heteroatoms. The third kappa shape index (κ3) is 2.80. The number of nitrogens with zero attached hydrogens (tertiary/aromatic N) is 1. The minimum atomic E-state index is -0.509. The van der Waals surface area contributed by atoms with Gasteiger partial charge in [0.1, 0.15) is 5.82 Å². The first-order chi connectivity index (χ1) is 10.6. The zero-order valence-corrected chi connectivity index (χ0v) is 13.4. The number of halogens is 2. The van der Waals surface area contributed by atoms with Crippen molar-refractivity contribution in [1.29, 1.82) is 0 Å². The van der Waals surface area contributed by atoms with Gasteiger partial charge in [-0.05, 0) is 24.5 Å². The molecule has 1 aromatic carbocycles. The van der Waals surface area contributed by atoms with E-state index in [0.717, 1.165) is 29.7 Å². The molecule has 1 aromatic heterocycles. The van der Waals surface area contributed by atoms with Crippen molar-refractivity contribution >= 4 is 34.0 Å². The molecule has 4 nitrogen and oxygen atoms in total. The molecule has 1 aliphatic rings. The number of aromatic nitrogens is 1. The second-order valence-electron chi connectivity index (χ2n) is 5.24. The number of nitrogens with one attached hydrogen (secondary N) is 1. The molecular weight excluding hydrogens is 327 g/mol. The number of thiazole rings is 1. The maximum Gasteiger partial charge on any atom is 0.351 e. The van der Waals surface area contributed by atoms with Gasteiger partial charge >= 0.3 is 5.97 Å². The molecule has 0 radical (unpaired) electrons. The highest BCUT2D eigenvalue weighted by atomic mass is 35.5. The lowest BCUT2D eigenvalue weighted by atomic mass is 9.95. The van der Waals surface area contributed by atoms with Crippen molar-refractivity contribution in [2.24, 2.45) is 0 Å². The van der Waals surface area contributed by atoms with Crippen LogP contribution in [0, 0.1) is 5.82 Å². The summed E-state index contributed by atoms with van der Waals surface area (Å²) in [6.45, 7) is 0.554. The number of anilines is 1. The Morgan fingerprint density at radius 3 is 2.86 bits per heavy atom. The van der Waals surface area contributed by atoms with Gasteiger partial charge in [0.2, 0.25) is 0 Å². The van der Waals surface area contributed by atoms with Crippen LogP contribution in [0.2, 0.25) is 5.15 Å². The minimum Gasteiger partial charge on any atom is -0.465 e. The first-order valence-corrected chi connectivity index (χ1v) is 7.99. The Morgan fingerprint density at radius 1 is 1.50 bits per heavy atom. The van der Waals surface area contributed by atoms with E-state index >= 15 is 0 Å². The molecule has 1 saturated carbocycles. The fourth-order valence-corrected chi connectivity index (χ4v) is 3.52. The Balaban J connectivity index is 1.73. The Bertz CT molecular complexity index is 715. The van der Waals surface area contributed by atoms with Crippen LogP contribution in [0.5, 0.6) is 0 Å². The van der Waals surface area contributed by atoms with Crippen molar-refractivity contribution in [2.45, 2.75) is 18.3 Å². The summed E-state index contributed by atoms with van der Waals surface area (Å²) < 4.78 is 18.6. The van der Waals surface area contributed by atoms with Crippen molar-refractivity contribution in [2.75, 3.05) is 19.0 Å². The summed E-state index contributed by atoms with van der Waals surface area (Å²) >= 11 is 7.06. The average Bonchev–Trinajstić information content (AvgIpc) is 3.21. The Hall–Kier alpha value is -1.66. The third-order valence-corrected chi connectivity index (χ3v) is 5.21. The molecule has 0 aliphatic heterocycles. The summed E-state index contributed by atoms with van der Waals surface area (Å²) in [6, 6.07) is 6.82. The van der Waals surface area contributed by atoms with E-state index in [0.29, 0.717) is 11.7 Å². The lowest BCUT2D eigenvalue weighted by Crippen LogP contribution is -2.20. The van der Waals surface area contributed by atoms with E-state index < -0.39 is 5.97 Å². The molecular formula is C15H14ClFN2O2S. The number of hydrogen-bond donors (Lipinski definition) is 1. The van der Waals surface area contributed by atoms with Crippen LogP contribution in [0.3, 0.4) is 0 Å². The van der Waals surface area contributed by atoms with Crippen molar-refractivity contribution in [1.82, 2.24) is 4.98 Å². The van der Waals surface area contributed by atoms with Crippen LogP contribution >= 0.6 is 22.9 Å². The van der Waals surface area contributed by atoms with Crippen molar-refractivity contribution < 1.29 is 13.9 Å². The van der Waals surface area contributed by atoms with E-state index in [-0.39, 0.29) is 21.3 Å². The van der Waals surface area contributed by atoms with Crippen LogP contribution in [-0.4, -0.2) is 24.6 Å². The Kier molecular flexibility index (Phi) is 4.06. The van der Waals surface area contributed by atoms with E-state index in [9.17, 15) is 9.18 Å². The molecule has 2 aromatic rings. The molecule has 0 saturated heterocycles. The van der Waals surface area contributed by atoms with Gasteiger partial charge in [0.05, 0.1) is 7.11 Å². The second-order valence-corrected chi connectivity index (χ2v) is 6.60. The maximum atomic E-state index is 13.9. The quantitative estimate of drug-likeness (QED) is 0.839. The van der Waals surface area contributed by atoms with Crippen LogP contribution in [-0.2, 0) is 10.2 Å². The Labute approximate surface area is 136 Å². The highest BCUT2D eigenvalue weighted by Crippen LogP contribution is 2.49. The topological polar surface area (TPSA) is 51.2 Å². The normalized spacial score (nSPS) is 15.4. The van der Waals surface area contributed by atoms with Crippen LogP contribution in [0.4, 0.5) is 9.52 Å². The standard InChI is InChI=1S/C15H14ClFN2O2S/c1-21-13(20)11-12(16)19-14(22-11)18-8-15(6-7-15)9-4-2-3-5-10(9)17/h2-5H,6-8H2,1H3,(H,18,19). The fourth-order valence-electron chi connectivity index (χ4n) is 2.42.